The fourth-order valence-electron chi connectivity index (χ4n) is 3.55. The molecule has 0 fully saturated rings. The van der Waals surface area contributed by atoms with Crippen LogP contribution in [0.4, 0.5) is 11.4 Å². The fraction of sp³-hybridized carbons (Fsp3) is 0.200. The molecule has 0 atom stereocenters. The maximum absolute atomic E-state index is 12.6. The lowest BCUT2D eigenvalue weighted by molar-refractivity contribution is -0.384. The number of carbonyl (C=O) groups is 2. The highest BCUT2D eigenvalue weighted by molar-refractivity contribution is 6.02. The second-order valence-electron chi connectivity index (χ2n) is 7.71. The number of hydrogen-bond acceptors (Lipinski definition) is 7. The molecule has 1 aliphatic heterocycles. The number of non-ortho nitro benzene ring substituents is 1. The summed E-state index contributed by atoms with van der Waals surface area (Å²) in [4.78, 5) is 36.7. The van der Waals surface area contributed by atoms with Gasteiger partial charge >= 0.3 is 0 Å². The molecule has 0 radical (unpaired) electrons. The molecule has 0 saturated heterocycles. The molecule has 10 nitrogen and oxygen atoms in total. The van der Waals surface area contributed by atoms with Gasteiger partial charge in [0.2, 0.25) is 5.91 Å². The number of nitrogens with one attached hydrogen (secondary N) is 1. The van der Waals surface area contributed by atoms with Crippen molar-refractivity contribution in [3.05, 3.63) is 88.0 Å². The average molecular weight is 477 g/mol. The van der Waals surface area contributed by atoms with Gasteiger partial charge in [0.05, 0.1) is 17.7 Å². The van der Waals surface area contributed by atoms with E-state index >= 15 is 0 Å². The monoisotopic (exact) mass is 477 g/mol. The first-order chi connectivity index (χ1) is 16.9. The molecule has 0 aromatic heterocycles. The molecule has 35 heavy (non-hydrogen) atoms. The van der Waals surface area contributed by atoms with Crippen LogP contribution < -0.4 is 24.4 Å². The number of benzene rings is 3. The summed E-state index contributed by atoms with van der Waals surface area (Å²) < 4.78 is 16.6. The van der Waals surface area contributed by atoms with Crippen LogP contribution in [-0.2, 0) is 22.7 Å². The van der Waals surface area contributed by atoms with Crippen molar-refractivity contribution in [1.29, 1.82) is 0 Å². The highest BCUT2D eigenvalue weighted by Crippen LogP contribution is 2.35. The Morgan fingerprint density at radius 1 is 1.09 bits per heavy atom. The first-order valence-electron chi connectivity index (χ1n) is 10.8. The van der Waals surface area contributed by atoms with E-state index in [9.17, 15) is 19.7 Å². The molecule has 10 heteroatoms. The van der Waals surface area contributed by atoms with Gasteiger partial charge in [-0.15, -0.1) is 0 Å². The zero-order valence-corrected chi connectivity index (χ0v) is 18.9. The van der Waals surface area contributed by atoms with Crippen molar-refractivity contribution in [2.24, 2.45) is 0 Å². The van der Waals surface area contributed by atoms with Gasteiger partial charge in [0.25, 0.3) is 11.6 Å². The third-order valence-electron chi connectivity index (χ3n) is 5.35. The molecule has 0 saturated carbocycles. The summed E-state index contributed by atoms with van der Waals surface area (Å²) in [5.41, 5.74) is 1.78. The summed E-state index contributed by atoms with van der Waals surface area (Å²) in [6, 6.07) is 19.0. The number of ether oxygens (including phenoxy) is 3. The van der Waals surface area contributed by atoms with Crippen LogP contribution in [0, 0.1) is 10.1 Å². The molecule has 1 heterocycles. The van der Waals surface area contributed by atoms with E-state index in [1.165, 1.54) is 30.2 Å². The van der Waals surface area contributed by atoms with Crippen LogP contribution in [0.1, 0.15) is 11.1 Å². The number of amides is 2. The summed E-state index contributed by atoms with van der Waals surface area (Å²) in [6.45, 7) is 0.0283. The van der Waals surface area contributed by atoms with Gasteiger partial charge in [0.1, 0.15) is 18.9 Å². The van der Waals surface area contributed by atoms with Gasteiger partial charge in [-0.05, 0) is 29.3 Å². The SMILES string of the molecule is COc1cc(CNC(=O)CN2C(=O)COc3ccc([N+](=O)[O-])cc32)ccc1OCc1ccccc1. The lowest BCUT2D eigenvalue weighted by atomic mass is 10.2. The molecule has 3 aromatic rings. The molecular formula is C25H23N3O7. The summed E-state index contributed by atoms with van der Waals surface area (Å²) in [5, 5.41) is 13.9. The van der Waals surface area contributed by atoms with E-state index < -0.39 is 16.7 Å². The number of fused-ring (bicyclic) bond motifs is 1. The van der Waals surface area contributed by atoms with Gasteiger partial charge in [0, 0.05) is 18.7 Å². The Hall–Kier alpha value is -4.60. The van der Waals surface area contributed by atoms with Crippen molar-refractivity contribution in [1.82, 2.24) is 5.32 Å². The molecule has 0 aliphatic carbocycles. The third kappa shape index (κ3) is 5.67. The molecule has 4 rings (SSSR count). The van der Waals surface area contributed by atoms with Crippen LogP contribution >= 0.6 is 0 Å². The second kappa shape index (κ2) is 10.6. The minimum Gasteiger partial charge on any atom is -0.493 e. The van der Waals surface area contributed by atoms with E-state index in [-0.39, 0.29) is 31.1 Å². The largest absolute Gasteiger partial charge is 0.493 e. The lowest BCUT2D eigenvalue weighted by Gasteiger charge is -2.28. The van der Waals surface area contributed by atoms with Crippen LogP contribution in [0.3, 0.4) is 0 Å². The van der Waals surface area contributed by atoms with Crippen molar-refractivity contribution < 1.29 is 28.7 Å². The minimum atomic E-state index is -0.571. The molecule has 0 spiro atoms. The summed E-state index contributed by atoms with van der Waals surface area (Å²) >= 11 is 0. The molecule has 1 aliphatic rings. The van der Waals surface area contributed by atoms with Crippen molar-refractivity contribution >= 4 is 23.2 Å². The quantitative estimate of drug-likeness (QED) is 0.371. The molecule has 180 valence electrons. The Morgan fingerprint density at radius 3 is 2.63 bits per heavy atom. The Balaban J connectivity index is 1.38. The summed E-state index contributed by atoms with van der Waals surface area (Å²) in [6.07, 6.45) is 0. The highest BCUT2D eigenvalue weighted by atomic mass is 16.6. The van der Waals surface area contributed by atoms with Gasteiger partial charge < -0.3 is 19.5 Å². The van der Waals surface area contributed by atoms with Gasteiger partial charge in [-0.3, -0.25) is 24.6 Å². The smallest absolute Gasteiger partial charge is 0.271 e. The zero-order chi connectivity index (χ0) is 24.8. The number of nitro benzene ring substituents is 1. The van der Waals surface area contributed by atoms with Crippen molar-refractivity contribution in [2.45, 2.75) is 13.2 Å². The summed E-state index contributed by atoms with van der Waals surface area (Å²) in [7, 11) is 1.54. The summed E-state index contributed by atoms with van der Waals surface area (Å²) in [5.74, 6) is 0.510. The predicted octanol–water partition coefficient (Wildman–Crippen LogP) is 3.22. The van der Waals surface area contributed by atoms with Crippen LogP contribution in [0.15, 0.2) is 66.7 Å². The van der Waals surface area contributed by atoms with E-state index in [1.54, 1.807) is 12.1 Å². The van der Waals surface area contributed by atoms with Gasteiger partial charge in [-0.1, -0.05) is 36.4 Å². The average Bonchev–Trinajstić information content (AvgIpc) is 2.88. The maximum Gasteiger partial charge on any atom is 0.271 e. The first kappa shape index (κ1) is 23.6. The van der Waals surface area contributed by atoms with E-state index in [0.717, 1.165) is 11.1 Å². The Labute approximate surface area is 201 Å². The van der Waals surface area contributed by atoms with Crippen molar-refractivity contribution in [3.63, 3.8) is 0 Å². The minimum absolute atomic E-state index is 0.187. The van der Waals surface area contributed by atoms with E-state index in [2.05, 4.69) is 5.32 Å². The maximum atomic E-state index is 12.6. The molecular weight excluding hydrogens is 454 g/mol. The number of carbonyl (C=O) groups excluding carboxylic acids is 2. The molecule has 2 amide bonds. The third-order valence-corrected chi connectivity index (χ3v) is 5.35. The fourth-order valence-corrected chi connectivity index (χ4v) is 3.55. The van der Waals surface area contributed by atoms with Gasteiger partial charge in [-0.2, -0.15) is 0 Å². The Bertz CT molecular complexity index is 1250. The normalized spacial score (nSPS) is 12.4. The Kier molecular flexibility index (Phi) is 7.10. The number of hydrogen-bond donors (Lipinski definition) is 1. The van der Waals surface area contributed by atoms with E-state index in [1.807, 2.05) is 36.4 Å². The van der Waals surface area contributed by atoms with Gasteiger partial charge in [-0.25, -0.2) is 0 Å². The van der Waals surface area contributed by atoms with Gasteiger partial charge in [0.15, 0.2) is 18.1 Å². The van der Waals surface area contributed by atoms with Crippen molar-refractivity contribution in [2.75, 3.05) is 25.2 Å². The number of rotatable bonds is 9. The zero-order valence-electron chi connectivity index (χ0n) is 18.9. The molecule has 0 unspecified atom stereocenters. The van der Waals surface area contributed by atoms with E-state index in [4.69, 9.17) is 14.2 Å². The first-order valence-corrected chi connectivity index (χ1v) is 10.8. The number of nitrogens with zero attached hydrogens (tertiary/aromatic N) is 2. The van der Waals surface area contributed by atoms with Crippen molar-refractivity contribution in [3.8, 4) is 17.2 Å². The topological polar surface area (TPSA) is 120 Å². The van der Waals surface area contributed by atoms with Crippen LogP contribution in [0.2, 0.25) is 0 Å². The lowest BCUT2D eigenvalue weighted by Crippen LogP contribution is -2.45. The molecule has 1 N–H and O–H groups in total. The highest BCUT2D eigenvalue weighted by Gasteiger charge is 2.29. The van der Waals surface area contributed by atoms with Crippen LogP contribution in [-0.4, -0.2) is 37.0 Å². The predicted molar refractivity (Wildman–Crippen MR) is 127 cm³/mol. The van der Waals surface area contributed by atoms with E-state index in [0.29, 0.717) is 23.9 Å². The second-order valence-corrected chi connectivity index (χ2v) is 7.71. The number of methoxy groups -OCH3 is 1. The number of anilines is 1. The Morgan fingerprint density at radius 2 is 1.89 bits per heavy atom. The number of nitro groups is 1. The standard InChI is InChI=1S/C25H23N3O7/c1-33-23-11-18(7-9-22(23)34-15-17-5-3-2-4-6-17)13-26-24(29)14-27-20-12-19(28(31)32)8-10-21(20)35-16-25(27)30/h2-12H,13-16H2,1H3,(H,26,29). The van der Waals surface area contributed by atoms with Crippen LogP contribution in [0.25, 0.3) is 0 Å². The van der Waals surface area contributed by atoms with Crippen LogP contribution in [0.5, 0.6) is 17.2 Å². The molecule has 3 aromatic carbocycles. The molecule has 0 bridgehead atoms.